The lowest BCUT2D eigenvalue weighted by Crippen LogP contribution is -2.37. The molecular formula is C12H13IN2S. The third-order valence-electron chi connectivity index (χ3n) is 3.61. The van der Waals surface area contributed by atoms with E-state index in [0.29, 0.717) is 0 Å². The molecule has 1 aromatic heterocycles. The predicted molar refractivity (Wildman–Crippen MR) is 77.3 cm³/mol. The number of benzene rings is 1. The predicted octanol–water partition coefficient (Wildman–Crippen LogP) is 4.20. The van der Waals surface area contributed by atoms with Gasteiger partial charge in [-0.3, -0.25) is 0 Å². The van der Waals surface area contributed by atoms with Gasteiger partial charge in [-0.25, -0.2) is 0 Å². The van der Waals surface area contributed by atoms with Crippen LogP contribution in [0, 0.1) is 8.34 Å². The molecule has 0 spiro atoms. The van der Waals surface area contributed by atoms with Crippen LogP contribution in [0.15, 0.2) is 18.2 Å². The summed E-state index contributed by atoms with van der Waals surface area (Å²) in [5, 5.41) is 0. The molecule has 0 saturated heterocycles. The van der Waals surface area contributed by atoms with Crippen LogP contribution in [0.3, 0.4) is 0 Å². The van der Waals surface area contributed by atoms with Crippen molar-refractivity contribution in [2.24, 2.45) is 0 Å². The van der Waals surface area contributed by atoms with Crippen LogP contribution in [0.4, 0.5) is 0 Å². The molecule has 1 aromatic carbocycles. The summed E-state index contributed by atoms with van der Waals surface area (Å²) < 4.78 is 4.41. The summed E-state index contributed by atoms with van der Waals surface area (Å²) >= 11 is 7.78. The minimum atomic E-state index is 0.238. The number of nitrogens with one attached hydrogen (secondary N) is 1. The fourth-order valence-corrected chi connectivity index (χ4v) is 3.45. The zero-order valence-corrected chi connectivity index (χ0v) is 12.1. The molecule has 0 amide bonds. The molecule has 0 aliphatic heterocycles. The smallest absolute Gasteiger partial charge is 0.178 e. The SMILES string of the molecule is CC1(n2c(=S)[nH]c3cc(I)ccc32)CCC1. The fourth-order valence-electron chi connectivity index (χ4n) is 2.53. The standard InChI is InChI=1S/C12H13IN2S/c1-12(5-2-6-12)15-10-4-3-8(13)7-9(10)14-11(15)16/h3-4,7H,2,5-6H2,1H3,(H,14,16). The molecule has 1 aliphatic rings. The minimum absolute atomic E-state index is 0.238. The molecule has 0 radical (unpaired) electrons. The molecule has 1 heterocycles. The van der Waals surface area contributed by atoms with Crippen molar-refractivity contribution in [2.45, 2.75) is 31.7 Å². The van der Waals surface area contributed by atoms with E-state index in [1.807, 2.05) is 0 Å². The van der Waals surface area contributed by atoms with E-state index in [-0.39, 0.29) is 5.54 Å². The molecule has 4 heteroatoms. The summed E-state index contributed by atoms with van der Waals surface area (Å²) in [5.41, 5.74) is 2.64. The van der Waals surface area contributed by atoms with E-state index in [2.05, 4.69) is 57.3 Å². The normalized spacial score (nSPS) is 18.6. The Morgan fingerprint density at radius 2 is 2.19 bits per heavy atom. The average Bonchev–Trinajstić information content (AvgIpc) is 2.50. The van der Waals surface area contributed by atoms with E-state index in [1.165, 1.54) is 28.3 Å². The van der Waals surface area contributed by atoms with Crippen molar-refractivity contribution in [1.82, 2.24) is 9.55 Å². The Hall–Kier alpha value is -0.360. The second-order valence-electron chi connectivity index (χ2n) is 4.78. The molecule has 84 valence electrons. The van der Waals surface area contributed by atoms with Crippen molar-refractivity contribution in [3.8, 4) is 0 Å². The number of hydrogen-bond acceptors (Lipinski definition) is 1. The van der Waals surface area contributed by atoms with Crippen LogP contribution in [0.25, 0.3) is 11.0 Å². The van der Waals surface area contributed by atoms with Gasteiger partial charge in [0.1, 0.15) is 0 Å². The van der Waals surface area contributed by atoms with Gasteiger partial charge in [0.25, 0.3) is 0 Å². The van der Waals surface area contributed by atoms with E-state index in [9.17, 15) is 0 Å². The van der Waals surface area contributed by atoms with Crippen molar-refractivity contribution in [3.05, 3.63) is 26.5 Å². The quantitative estimate of drug-likeness (QED) is 0.607. The maximum absolute atomic E-state index is 5.45. The zero-order valence-electron chi connectivity index (χ0n) is 9.09. The lowest BCUT2D eigenvalue weighted by molar-refractivity contribution is 0.172. The number of nitrogens with zero attached hydrogens (tertiary/aromatic N) is 1. The maximum atomic E-state index is 5.45. The van der Waals surface area contributed by atoms with Crippen LogP contribution in [-0.2, 0) is 5.54 Å². The highest BCUT2D eigenvalue weighted by molar-refractivity contribution is 14.1. The molecule has 1 aliphatic carbocycles. The van der Waals surface area contributed by atoms with Crippen LogP contribution in [-0.4, -0.2) is 9.55 Å². The summed E-state index contributed by atoms with van der Waals surface area (Å²) in [7, 11) is 0. The number of rotatable bonds is 1. The number of imidazole rings is 1. The monoisotopic (exact) mass is 344 g/mol. The van der Waals surface area contributed by atoms with Crippen LogP contribution in [0.1, 0.15) is 26.2 Å². The number of fused-ring (bicyclic) bond motifs is 1. The highest BCUT2D eigenvalue weighted by Gasteiger charge is 2.35. The van der Waals surface area contributed by atoms with Gasteiger partial charge in [-0.15, -0.1) is 0 Å². The van der Waals surface area contributed by atoms with Crippen molar-refractivity contribution in [2.75, 3.05) is 0 Å². The van der Waals surface area contributed by atoms with Gasteiger partial charge in [-0.2, -0.15) is 0 Å². The number of halogens is 1. The van der Waals surface area contributed by atoms with E-state index in [1.54, 1.807) is 0 Å². The highest BCUT2D eigenvalue weighted by atomic mass is 127. The van der Waals surface area contributed by atoms with Gasteiger partial charge >= 0.3 is 0 Å². The Kier molecular flexibility index (Phi) is 2.40. The van der Waals surface area contributed by atoms with Crippen molar-refractivity contribution in [1.29, 1.82) is 0 Å². The van der Waals surface area contributed by atoms with Gasteiger partial charge in [0.05, 0.1) is 11.0 Å². The summed E-state index contributed by atoms with van der Waals surface area (Å²) in [6.45, 7) is 2.30. The molecule has 16 heavy (non-hydrogen) atoms. The van der Waals surface area contributed by atoms with Crippen molar-refractivity contribution >= 4 is 45.8 Å². The van der Waals surface area contributed by atoms with E-state index >= 15 is 0 Å². The Labute approximate surface area is 113 Å². The van der Waals surface area contributed by atoms with E-state index in [0.717, 1.165) is 10.3 Å². The van der Waals surface area contributed by atoms with Gasteiger partial charge < -0.3 is 9.55 Å². The molecule has 2 nitrogen and oxygen atoms in total. The Balaban J connectivity index is 2.32. The molecule has 3 rings (SSSR count). The van der Waals surface area contributed by atoms with E-state index < -0.39 is 0 Å². The zero-order chi connectivity index (χ0) is 11.3. The summed E-state index contributed by atoms with van der Waals surface area (Å²) in [6, 6.07) is 6.47. The van der Waals surface area contributed by atoms with Crippen LogP contribution < -0.4 is 0 Å². The van der Waals surface area contributed by atoms with Gasteiger partial charge in [-0.05, 0) is 79.2 Å². The second-order valence-corrected chi connectivity index (χ2v) is 6.41. The van der Waals surface area contributed by atoms with Gasteiger partial charge in [0.2, 0.25) is 0 Å². The molecule has 1 saturated carbocycles. The largest absolute Gasteiger partial charge is 0.331 e. The first kappa shape index (κ1) is 10.8. The highest BCUT2D eigenvalue weighted by Crippen LogP contribution is 2.40. The number of aromatic nitrogens is 2. The topological polar surface area (TPSA) is 20.7 Å². The van der Waals surface area contributed by atoms with Gasteiger partial charge in [-0.1, -0.05) is 0 Å². The summed E-state index contributed by atoms with van der Waals surface area (Å²) in [6.07, 6.45) is 3.79. The molecule has 2 aromatic rings. The second kappa shape index (κ2) is 3.57. The third-order valence-corrected chi connectivity index (χ3v) is 4.57. The Morgan fingerprint density at radius 3 is 2.81 bits per heavy atom. The summed E-state index contributed by atoms with van der Waals surface area (Å²) in [5.74, 6) is 0. The van der Waals surface area contributed by atoms with E-state index in [4.69, 9.17) is 12.2 Å². The lowest BCUT2D eigenvalue weighted by atomic mass is 9.78. The van der Waals surface area contributed by atoms with Crippen molar-refractivity contribution in [3.63, 3.8) is 0 Å². The third kappa shape index (κ3) is 1.46. The Morgan fingerprint density at radius 1 is 1.44 bits per heavy atom. The van der Waals surface area contributed by atoms with Gasteiger partial charge in [0.15, 0.2) is 4.77 Å². The number of aromatic amines is 1. The van der Waals surface area contributed by atoms with Gasteiger partial charge in [0, 0.05) is 9.11 Å². The van der Waals surface area contributed by atoms with Crippen molar-refractivity contribution < 1.29 is 0 Å². The number of hydrogen-bond donors (Lipinski definition) is 1. The molecule has 1 fully saturated rings. The first-order valence-electron chi connectivity index (χ1n) is 5.51. The maximum Gasteiger partial charge on any atom is 0.178 e. The summed E-state index contributed by atoms with van der Waals surface area (Å²) in [4.78, 5) is 3.32. The van der Waals surface area contributed by atoms with Crippen LogP contribution >= 0.6 is 34.8 Å². The molecule has 0 atom stereocenters. The van der Waals surface area contributed by atoms with Crippen LogP contribution in [0.5, 0.6) is 0 Å². The molecule has 0 unspecified atom stereocenters. The lowest BCUT2D eigenvalue weighted by Gasteiger charge is -2.40. The molecule has 1 N–H and O–H groups in total. The molecular weight excluding hydrogens is 331 g/mol. The number of H-pyrrole nitrogens is 1. The minimum Gasteiger partial charge on any atom is -0.331 e. The Bertz CT molecular complexity index is 607. The average molecular weight is 344 g/mol. The first-order chi connectivity index (χ1) is 7.60. The fraction of sp³-hybridized carbons (Fsp3) is 0.417. The first-order valence-corrected chi connectivity index (χ1v) is 7.00. The molecule has 0 bridgehead atoms. The van der Waals surface area contributed by atoms with Crippen LogP contribution in [0.2, 0.25) is 0 Å².